The molecule has 1 heterocycles. The van der Waals surface area contributed by atoms with Gasteiger partial charge in [0.25, 0.3) is 0 Å². The van der Waals surface area contributed by atoms with Crippen LogP contribution in [0, 0.1) is 20.8 Å². The standard InChI is InChI=1S/C17H24N2/c1-5-19-14(3)10-17(15(19)4)12-18-11-16-8-6-13(2)7-9-16/h6-10,18H,5,11-12H2,1-4H3. The number of nitrogens with zero attached hydrogens (tertiary/aromatic N) is 1. The van der Waals surface area contributed by atoms with Crippen molar-refractivity contribution in [2.24, 2.45) is 0 Å². The third kappa shape index (κ3) is 3.27. The lowest BCUT2D eigenvalue weighted by Gasteiger charge is -2.07. The van der Waals surface area contributed by atoms with Gasteiger partial charge in [-0.05, 0) is 44.9 Å². The van der Waals surface area contributed by atoms with Crippen LogP contribution in [0.4, 0.5) is 0 Å². The highest BCUT2D eigenvalue weighted by molar-refractivity contribution is 5.27. The summed E-state index contributed by atoms with van der Waals surface area (Å²) < 4.78 is 2.36. The zero-order valence-corrected chi connectivity index (χ0v) is 12.5. The molecular formula is C17H24N2. The average Bonchev–Trinajstić information content (AvgIpc) is 2.66. The second kappa shape index (κ2) is 6.07. The minimum Gasteiger partial charge on any atom is -0.349 e. The molecule has 0 bridgehead atoms. The molecule has 0 fully saturated rings. The van der Waals surface area contributed by atoms with E-state index in [0.29, 0.717) is 0 Å². The lowest BCUT2D eigenvalue weighted by atomic mass is 10.1. The van der Waals surface area contributed by atoms with Gasteiger partial charge in [0.05, 0.1) is 0 Å². The van der Waals surface area contributed by atoms with E-state index in [0.717, 1.165) is 19.6 Å². The summed E-state index contributed by atoms with van der Waals surface area (Å²) in [5.74, 6) is 0. The molecule has 2 rings (SSSR count). The molecule has 1 aromatic carbocycles. The molecule has 2 heteroatoms. The van der Waals surface area contributed by atoms with E-state index in [1.165, 1.54) is 28.1 Å². The van der Waals surface area contributed by atoms with Gasteiger partial charge in [0.1, 0.15) is 0 Å². The topological polar surface area (TPSA) is 17.0 Å². The highest BCUT2D eigenvalue weighted by atomic mass is 15.0. The van der Waals surface area contributed by atoms with Crippen LogP contribution in [0.15, 0.2) is 30.3 Å². The molecule has 0 radical (unpaired) electrons. The van der Waals surface area contributed by atoms with E-state index >= 15 is 0 Å². The smallest absolute Gasteiger partial charge is 0.0226 e. The van der Waals surface area contributed by atoms with Crippen molar-refractivity contribution in [3.05, 3.63) is 58.4 Å². The molecule has 102 valence electrons. The molecule has 2 aromatic rings. The lowest BCUT2D eigenvalue weighted by molar-refractivity contribution is 0.675. The van der Waals surface area contributed by atoms with Crippen molar-refractivity contribution in [3.63, 3.8) is 0 Å². The van der Waals surface area contributed by atoms with Gasteiger partial charge in [-0.1, -0.05) is 29.8 Å². The van der Waals surface area contributed by atoms with Crippen molar-refractivity contribution >= 4 is 0 Å². The van der Waals surface area contributed by atoms with Crippen LogP contribution >= 0.6 is 0 Å². The third-order valence-corrected chi connectivity index (χ3v) is 3.76. The van der Waals surface area contributed by atoms with Crippen molar-refractivity contribution in [1.29, 1.82) is 0 Å². The Balaban J connectivity index is 1.94. The number of aromatic nitrogens is 1. The van der Waals surface area contributed by atoms with Crippen LogP contribution in [0.3, 0.4) is 0 Å². The first-order valence-corrected chi connectivity index (χ1v) is 7.03. The lowest BCUT2D eigenvalue weighted by Crippen LogP contribution is -2.13. The van der Waals surface area contributed by atoms with Gasteiger partial charge < -0.3 is 9.88 Å². The minimum absolute atomic E-state index is 0.927. The Kier molecular flexibility index (Phi) is 4.43. The molecule has 0 aliphatic heterocycles. The van der Waals surface area contributed by atoms with Crippen molar-refractivity contribution in [2.45, 2.75) is 47.3 Å². The molecule has 0 aliphatic carbocycles. The number of benzene rings is 1. The van der Waals surface area contributed by atoms with Crippen LogP contribution in [0.1, 0.15) is 35.0 Å². The first-order chi connectivity index (χ1) is 9.11. The zero-order valence-electron chi connectivity index (χ0n) is 12.5. The van der Waals surface area contributed by atoms with Gasteiger partial charge in [0, 0.05) is 31.0 Å². The first kappa shape index (κ1) is 13.9. The van der Waals surface area contributed by atoms with E-state index in [-0.39, 0.29) is 0 Å². The van der Waals surface area contributed by atoms with Crippen LogP contribution in [0.25, 0.3) is 0 Å². The summed E-state index contributed by atoms with van der Waals surface area (Å²) in [6.07, 6.45) is 0. The zero-order chi connectivity index (χ0) is 13.8. The monoisotopic (exact) mass is 256 g/mol. The number of aryl methyl sites for hydroxylation is 2. The van der Waals surface area contributed by atoms with Gasteiger partial charge in [-0.2, -0.15) is 0 Å². The Bertz CT molecular complexity index is 535. The van der Waals surface area contributed by atoms with Crippen LogP contribution in [0.5, 0.6) is 0 Å². The molecule has 0 amide bonds. The van der Waals surface area contributed by atoms with Crippen molar-refractivity contribution in [2.75, 3.05) is 0 Å². The van der Waals surface area contributed by atoms with Crippen molar-refractivity contribution in [3.8, 4) is 0 Å². The highest BCUT2D eigenvalue weighted by Gasteiger charge is 2.06. The Morgan fingerprint density at radius 1 is 1.00 bits per heavy atom. The maximum absolute atomic E-state index is 3.53. The summed E-state index contributed by atoms with van der Waals surface area (Å²) in [6.45, 7) is 11.6. The van der Waals surface area contributed by atoms with Gasteiger partial charge in [-0.15, -0.1) is 0 Å². The SMILES string of the molecule is CCn1c(C)cc(CNCc2ccc(C)cc2)c1C. The fourth-order valence-electron chi connectivity index (χ4n) is 2.59. The summed E-state index contributed by atoms with van der Waals surface area (Å²) in [4.78, 5) is 0. The Labute approximate surface area is 116 Å². The van der Waals surface area contributed by atoms with Gasteiger partial charge in [0.15, 0.2) is 0 Å². The summed E-state index contributed by atoms with van der Waals surface area (Å²) in [7, 11) is 0. The number of hydrogen-bond donors (Lipinski definition) is 1. The average molecular weight is 256 g/mol. The number of nitrogens with one attached hydrogen (secondary N) is 1. The molecule has 1 N–H and O–H groups in total. The molecule has 19 heavy (non-hydrogen) atoms. The predicted octanol–water partition coefficient (Wildman–Crippen LogP) is 3.72. The Hall–Kier alpha value is -1.54. The van der Waals surface area contributed by atoms with Crippen molar-refractivity contribution in [1.82, 2.24) is 9.88 Å². The van der Waals surface area contributed by atoms with Gasteiger partial charge in [-0.3, -0.25) is 0 Å². The normalized spacial score (nSPS) is 10.9. The minimum atomic E-state index is 0.927. The fraction of sp³-hybridized carbons (Fsp3) is 0.412. The summed E-state index contributed by atoms with van der Waals surface area (Å²) in [6, 6.07) is 11.0. The molecule has 2 nitrogen and oxygen atoms in total. The molecule has 0 saturated heterocycles. The fourth-order valence-corrected chi connectivity index (χ4v) is 2.59. The number of rotatable bonds is 5. The second-order valence-corrected chi connectivity index (χ2v) is 5.23. The first-order valence-electron chi connectivity index (χ1n) is 7.03. The summed E-state index contributed by atoms with van der Waals surface area (Å²) in [5, 5.41) is 3.53. The quantitative estimate of drug-likeness (QED) is 0.862. The van der Waals surface area contributed by atoms with Crippen LogP contribution < -0.4 is 5.32 Å². The molecule has 0 spiro atoms. The van der Waals surface area contributed by atoms with Crippen LogP contribution in [0.2, 0.25) is 0 Å². The van der Waals surface area contributed by atoms with Gasteiger partial charge in [0.2, 0.25) is 0 Å². The van der Waals surface area contributed by atoms with Crippen LogP contribution in [-0.4, -0.2) is 4.57 Å². The van der Waals surface area contributed by atoms with E-state index in [1.807, 2.05) is 0 Å². The van der Waals surface area contributed by atoms with E-state index in [9.17, 15) is 0 Å². The van der Waals surface area contributed by atoms with Crippen molar-refractivity contribution < 1.29 is 0 Å². The summed E-state index contributed by atoms with van der Waals surface area (Å²) >= 11 is 0. The van der Waals surface area contributed by atoms with Gasteiger partial charge >= 0.3 is 0 Å². The maximum atomic E-state index is 3.53. The maximum Gasteiger partial charge on any atom is 0.0226 e. The second-order valence-electron chi connectivity index (χ2n) is 5.23. The van der Waals surface area contributed by atoms with E-state index in [4.69, 9.17) is 0 Å². The molecule has 0 saturated carbocycles. The molecule has 0 unspecified atom stereocenters. The number of hydrogen-bond acceptors (Lipinski definition) is 1. The molecule has 0 aliphatic rings. The van der Waals surface area contributed by atoms with E-state index in [1.54, 1.807) is 0 Å². The Morgan fingerprint density at radius 2 is 1.68 bits per heavy atom. The predicted molar refractivity (Wildman–Crippen MR) is 81.3 cm³/mol. The van der Waals surface area contributed by atoms with E-state index < -0.39 is 0 Å². The largest absolute Gasteiger partial charge is 0.349 e. The highest BCUT2D eigenvalue weighted by Crippen LogP contribution is 2.14. The van der Waals surface area contributed by atoms with Crippen LogP contribution in [-0.2, 0) is 19.6 Å². The van der Waals surface area contributed by atoms with E-state index in [2.05, 4.69) is 67.9 Å². The summed E-state index contributed by atoms with van der Waals surface area (Å²) in [5.41, 5.74) is 6.81. The Morgan fingerprint density at radius 3 is 2.26 bits per heavy atom. The van der Waals surface area contributed by atoms with Gasteiger partial charge in [-0.25, -0.2) is 0 Å². The molecule has 1 aromatic heterocycles. The molecular weight excluding hydrogens is 232 g/mol. The third-order valence-electron chi connectivity index (χ3n) is 3.76. The molecule has 0 atom stereocenters.